The Kier molecular flexibility index (Phi) is 4.62. The molecule has 3 aromatic heterocycles. The minimum absolute atomic E-state index is 0.0754. The number of nitrogens with zero attached hydrogens (tertiary/aromatic N) is 5. The van der Waals surface area contributed by atoms with Gasteiger partial charge in [0.05, 0.1) is 23.9 Å². The van der Waals surface area contributed by atoms with Gasteiger partial charge in [-0.3, -0.25) is 5.10 Å². The van der Waals surface area contributed by atoms with Gasteiger partial charge in [0.25, 0.3) is 0 Å². The van der Waals surface area contributed by atoms with E-state index in [1.165, 1.54) is 0 Å². The predicted octanol–water partition coefficient (Wildman–Crippen LogP) is 3.05. The van der Waals surface area contributed by atoms with Crippen LogP contribution in [0, 0.1) is 5.41 Å². The summed E-state index contributed by atoms with van der Waals surface area (Å²) in [5.74, 6) is 0.821. The first-order valence-electron chi connectivity index (χ1n) is 9.62. The van der Waals surface area contributed by atoms with Crippen LogP contribution in [0.2, 0.25) is 10.2 Å². The number of hydrogen-bond acceptors (Lipinski definition) is 7. The molecule has 0 aromatic carbocycles. The van der Waals surface area contributed by atoms with E-state index in [2.05, 4.69) is 32.0 Å². The summed E-state index contributed by atoms with van der Waals surface area (Å²) in [5.41, 5.74) is 9.02. The third kappa shape index (κ3) is 3.06. The lowest BCUT2D eigenvalue weighted by Crippen LogP contribution is -2.50. The molecule has 0 unspecified atom stereocenters. The highest BCUT2D eigenvalue weighted by Crippen LogP contribution is 2.42. The van der Waals surface area contributed by atoms with Gasteiger partial charge in [-0.2, -0.15) is 5.10 Å². The molecule has 0 amide bonds. The predicted molar refractivity (Wildman–Crippen MR) is 112 cm³/mol. The average Bonchev–Trinajstić information content (AvgIpc) is 3.27. The highest BCUT2D eigenvalue weighted by Gasteiger charge is 2.47. The third-order valence-corrected chi connectivity index (χ3v) is 7.06. The van der Waals surface area contributed by atoms with Crippen molar-refractivity contribution in [3.63, 3.8) is 0 Å². The van der Waals surface area contributed by atoms with Crippen LogP contribution in [0.4, 0.5) is 5.82 Å². The first-order valence-corrected chi connectivity index (χ1v) is 10.4. The van der Waals surface area contributed by atoms with Gasteiger partial charge in [-0.15, -0.1) is 0 Å². The zero-order valence-electron chi connectivity index (χ0n) is 15.9. The lowest BCUT2D eigenvalue weighted by atomic mass is 9.73. The molecule has 2 fully saturated rings. The summed E-state index contributed by atoms with van der Waals surface area (Å²) < 4.78 is 5.81. The Bertz CT molecular complexity index is 1060. The maximum absolute atomic E-state index is 6.42. The Labute approximate surface area is 177 Å². The largest absolute Gasteiger partial charge is 0.376 e. The van der Waals surface area contributed by atoms with Gasteiger partial charge in [-0.25, -0.2) is 15.0 Å². The van der Waals surface area contributed by atoms with Gasteiger partial charge in [0.2, 0.25) is 0 Å². The van der Waals surface area contributed by atoms with Crippen LogP contribution in [0.5, 0.6) is 0 Å². The Hall–Kier alpha value is -2.00. The number of aromatic amines is 1. The average molecular weight is 434 g/mol. The topological polar surface area (TPSA) is 106 Å². The van der Waals surface area contributed by atoms with Crippen molar-refractivity contribution in [1.82, 2.24) is 25.1 Å². The van der Waals surface area contributed by atoms with E-state index in [9.17, 15) is 0 Å². The Morgan fingerprint density at radius 1 is 1.28 bits per heavy atom. The van der Waals surface area contributed by atoms with Gasteiger partial charge >= 0.3 is 0 Å². The molecule has 2 aliphatic rings. The number of piperidine rings is 1. The van der Waals surface area contributed by atoms with Crippen molar-refractivity contribution in [3.05, 3.63) is 28.6 Å². The van der Waals surface area contributed by atoms with Crippen molar-refractivity contribution >= 4 is 40.2 Å². The van der Waals surface area contributed by atoms with Gasteiger partial charge in [0.15, 0.2) is 5.65 Å². The summed E-state index contributed by atoms with van der Waals surface area (Å²) in [6.45, 7) is 4.55. The number of anilines is 1. The SMILES string of the molecule is C[C@@H]1OCC2(CCN(c3cnc4c(-c5ccnc(Cl)c5Cl)n[nH]c4n3)CC2)[C@@H]1N. The van der Waals surface area contributed by atoms with Crippen LogP contribution < -0.4 is 10.6 Å². The smallest absolute Gasteiger partial charge is 0.177 e. The molecule has 5 heterocycles. The molecular formula is C19H21Cl2N7O. The van der Waals surface area contributed by atoms with Crippen LogP contribution in [-0.2, 0) is 4.74 Å². The Morgan fingerprint density at radius 3 is 2.79 bits per heavy atom. The molecular weight excluding hydrogens is 413 g/mol. The van der Waals surface area contributed by atoms with Crippen LogP contribution >= 0.6 is 23.2 Å². The maximum Gasteiger partial charge on any atom is 0.177 e. The first-order chi connectivity index (χ1) is 14.0. The molecule has 152 valence electrons. The molecule has 5 rings (SSSR count). The molecule has 0 saturated carbocycles. The number of nitrogens with one attached hydrogen (secondary N) is 1. The second kappa shape index (κ2) is 7.05. The Balaban J connectivity index is 1.40. The summed E-state index contributed by atoms with van der Waals surface area (Å²) in [5, 5.41) is 7.90. The fourth-order valence-corrected chi connectivity index (χ4v) is 4.75. The number of halogens is 2. The van der Waals surface area contributed by atoms with Gasteiger partial charge in [0.1, 0.15) is 22.2 Å². The quantitative estimate of drug-likeness (QED) is 0.597. The number of hydrogen-bond donors (Lipinski definition) is 2. The molecule has 2 saturated heterocycles. The molecule has 2 atom stereocenters. The van der Waals surface area contributed by atoms with Gasteiger partial charge < -0.3 is 15.4 Å². The number of H-pyrrole nitrogens is 1. The summed E-state index contributed by atoms with van der Waals surface area (Å²) in [6.07, 6.45) is 5.46. The van der Waals surface area contributed by atoms with E-state index >= 15 is 0 Å². The number of rotatable bonds is 2. The molecule has 3 N–H and O–H groups in total. The summed E-state index contributed by atoms with van der Waals surface area (Å²) in [4.78, 5) is 15.6. The fraction of sp³-hybridized carbons (Fsp3) is 0.474. The molecule has 10 heteroatoms. The number of fused-ring (bicyclic) bond motifs is 1. The minimum atomic E-state index is 0.0754. The number of ether oxygens (including phenoxy) is 1. The summed E-state index contributed by atoms with van der Waals surface area (Å²) in [7, 11) is 0. The standard InChI is InChI=1S/C19H21Cl2N7O/c1-10-16(22)19(9-29-10)3-6-28(7-4-19)12-8-24-15-14(26-27-18(15)25-12)11-2-5-23-17(21)13(11)20/h2,5,8,10,16H,3-4,6-7,9,22H2,1H3,(H,25,26,27)/t10-,16+/m0/s1. The van der Waals surface area contributed by atoms with E-state index in [1.807, 2.05) is 0 Å². The lowest BCUT2D eigenvalue weighted by molar-refractivity contribution is 0.0974. The van der Waals surface area contributed by atoms with Crippen molar-refractivity contribution in [3.8, 4) is 11.3 Å². The molecule has 0 aliphatic carbocycles. The number of aromatic nitrogens is 5. The highest BCUT2D eigenvalue weighted by molar-refractivity contribution is 6.43. The van der Waals surface area contributed by atoms with Crippen molar-refractivity contribution in [2.45, 2.75) is 31.9 Å². The van der Waals surface area contributed by atoms with Crippen molar-refractivity contribution in [2.24, 2.45) is 11.1 Å². The monoisotopic (exact) mass is 433 g/mol. The summed E-state index contributed by atoms with van der Waals surface area (Å²) >= 11 is 12.3. The minimum Gasteiger partial charge on any atom is -0.376 e. The molecule has 2 aliphatic heterocycles. The second-order valence-electron chi connectivity index (χ2n) is 7.85. The molecule has 1 spiro atoms. The number of pyridine rings is 1. The van der Waals surface area contributed by atoms with E-state index in [-0.39, 0.29) is 22.7 Å². The highest BCUT2D eigenvalue weighted by atomic mass is 35.5. The molecule has 0 radical (unpaired) electrons. The van der Waals surface area contributed by atoms with E-state index in [4.69, 9.17) is 38.7 Å². The van der Waals surface area contributed by atoms with E-state index < -0.39 is 0 Å². The van der Waals surface area contributed by atoms with Crippen molar-refractivity contribution in [2.75, 3.05) is 24.6 Å². The molecule has 8 nitrogen and oxygen atoms in total. The zero-order valence-corrected chi connectivity index (χ0v) is 17.4. The van der Waals surface area contributed by atoms with Gasteiger partial charge in [-0.1, -0.05) is 23.2 Å². The summed E-state index contributed by atoms with van der Waals surface area (Å²) in [6, 6.07) is 1.85. The van der Waals surface area contributed by atoms with Crippen molar-refractivity contribution < 1.29 is 4.74 Å². The normalized spacial score (nSPS) is 23.9. The van der Waals surface area contributed by atoms with Gasteiger partial charge in [0, 0.05) is 36.3 Å². The lowest BCUT2D eigenvalue weighted by Gasteiger charge is -2.41. The maximum atomic E-state index is 6.42. The molecule has 29 heavy (non-hydrogen) atoms. The third-order valence-electron chi connectivity index (χ3n) is 6.29. The molecule has 0 bridgehead atoms. The fourth-order valence-electron chi connectivity index (χ4n) is 4.39. The van der Waals surface area contributed by atoms with E-state index in [0.29, 0.717) is 27.4 Å². The number of nitrogens with two attached hydrogens (primary N) is 1. The van der Waals surface area contributed by atoms with Crippen LogP contribution in [0.1, 0.15) is 19.8 Å². The first kappa shape index (κ1) is 19.0. The van der Waals surface area contributed by atoms with Crippen LogP contribution in [0.25, 0.3) is 22.4 Å². The van der Waals surface area contributed by atoms with Crippen LogP contribution in [-0.4, -0.2) is 57.0 Å². The zero-order chi connectivity index (χ0) is 20.2. The Morgan fingerprint density at radius 2 is 2.07 bits per heavy atom. The molecule has 3 aromatic rings. The van der Waals surface area contributed by atoms with Crippen LogP contribution in [0.15, 0.2) is 18.5 Å². The van der Waals surface area contributed by atoms with E-state index in [0.717, 1.165) is 38.4 Å². The van der Waals surface area contributed by atoms with E-state index in [1.54, 1.807) is 18.5 Å². The van der Waals surface area contributed by atoms with Gasteiger partial charge in [-0.05, 0) is 25.8 Å². The second-order valence-corrected chi connectivity index (χ2v) is 8.59. The van der Waals surface area contributed by atoms with Crippen LogP contribution in [0.3, 0.4) is 0 Å². The van der Waals surface area contributed by atoms with Crippen molar-refractivity contribution in [1.29, 1.82) is 0 Å².